The minimum Gasteiger partial charge on any atom is -0.493 e. The lowest BCUT2D eigenvalue weighted by molar-refractivity contribution is -0.127. The number of halogens is 2. The van der Waals surface area contributed by atoms with Crippen LogP contribution >= 0.6 is 27.7 Å². The first kappa shape index (κ1) is 29.8. The summed E-state index contributed by atoms with van der Waals surface area (Å²) in [4.78, 5) is 51.4. The standard InChI is InChI=1S/C29H25BrFN3O6S/c1-16-4-7-21(10-17(16)2)33-25(35)14-34-28(37)24(41-29(34)38)13-18-11-22(30)27(23(12-18)39-3)40-15-26(36)32-20-8-5-19(31)6-9-20/h4-13H,14-15H2,1-3H3,(H,32,36)(H,33,35)/b24-13+. The molecule has 1 aliphatic rings. The molecule has 4 rings (SSSR count). The Balaban J connectivity index is 1.41. The van der Waals surface area contributed by atoms with Gasteiger partial charge in [-0.2, -0.15) is 0 Å². The third-order valence-corrected chi connectivity index (χ3v) is 7.49. The van der Waals surface area contributed by atoms with Gasteiger partial charge in [-0.1, -0.05) is 6.07 Å². The summed E-state index contributed by atoms with van der Waals surface area (Å²) in [7, 11) is 1.42. The van der Waals surface area contributed by atoms with Crippen LogP contribution in [0.3, 0.4) is 0 Å². The van der Waals surface area contributed by atoms with Gasteiger partial charge in [0.05, 0.1) is 16.5 Å². The van der Waals surface area contributed by atoms with E-state index in [0.29, 0.717) is 21.4 Å². The van der Waals surface area contributed by atoms with Crippen LogP contribution in [0.25, 0.3) is 6.08 Å². The number of amides is 4. The maximum Gasteiger partial charge on any atom is 0.294 e. The number of methoxy groups -OCH3 is 1. The summed E-state index contributed by atoms with van der Waals surface area (Å²) < 4.78 is 24.6. The van der Waals surface area contributed by atoms with Gasteiger partial charge in [0.1, 0.15) is 12.4 Å². The van der Waals surface area contributed by atoms with Crippen LogP contribution in [0.15, 0.2) is 64.0 Å². The van der Waals surface area contributed by atoms with Crippen molar-refractivity contribution in [1.82, 2.24) is 4.90 Å². The Bertz CT molecular complexity index is 1560. The number of benzene rings is 3. The number of imide groups is 1. The number of rotatable bonds is 9. The number of hydrogen-bond acceptors (Lipinski definition) is 7. The van der Waals surface area contributed by atoms with Gasteiger partial charge >= 0.3 is 0 Å². The zero-order chi connectivity index (χ0) is 29.7. The number of carbonyl (C=O) groups is 4. The summed E-state index contributed by atoms with van der Waals surface area (Å²) in [5, 5.41) is 4.75. The highest BCUT2D eigenvalue weighted by atomic mass is 79.9. The Hall–Kier alpha value is -4.16. The molecular formula is C29H25BrFN3O6S. The van der Waals surface area contributed by atoms with E-state index in [1.807, 2.05) is 26.0 Å². The van der Waals surface area contributed by atoms with Crippen molar-refractivity contribution in [3.05, 3.63) is 86.5 Å². The molecule has 0 unspecified atom stereocenters. The van der Waals surface area contributed by atoms with Gasteiger partial charge in [-0.3, -0.25) is 24.1 Å². The van der Waals surface area contributed by atoms with Crippen molar-refractivity contribution in [3.8, 4) is 11.5 Å². The van der Waals surface area contributed by atoms with Gasteiger partial charge in [0.15, 0.2) is 18.1 Å². The molecule has 1 fully saturated rings. The van der Waals surface area contributed by atoms with Gasteiger partial charge in [0, 0.05) is 11.4 Å². The lowest BCUT2D eigenvalue weighted by Gasteiger charge is -2.14. The molecule has 0 atom stereocenters. The van der Waals surface area contributed by atoms with E-state index >= 15 is 0 Å². The minimum atomic E-state index is -0.594. The van der Waals surface area contributed by atoms with Crippen LogP contribution in [0.4, 0.5) is 20.6 Å². The third kappa shape index (κ3) is 7.53. The van der Waals surface area contributed by atoms with Gasteiger partial charge < -0.3 is 20.1 Å². The molecule has 0 spiro atoms. The average Bonchev–Trinajstić information content (AvgIpc) is 3.18. The second kappa shape index (κ2) is 13.0. The zero-order valence-electron chi connectivity index (χ0n) is 22.2. The molecule has 0 radical (unpaired) electrons. The zero-order valence-corrected chi connectivity index (χ0v) is 24.7. The van der Waals surface area contributed by atoms with E-state index in [0.717, 1.165) is 27.8 Å². The van der Waals surface area contributed by atoms with Crippen LogP contribution in [0.1, 0.15) is 16.7 Å². The summed E-state index contributed by atoms with van der Waals surface area (Å²) in [6.45, 7) is 3.10. The predicted octanol–water partition coefficient (Wildman–Crippen LogP) is 5.91. The minimum absolute atomic E-state index is 0.135. The van der Waals surface area contributed by atoms with E-state index in [-0.39, 0.29) is 23.0 Å². The Labute approximate surface area is 248 Å². The highest BCUT2D eigenvalue weighted by molar-refractivity contribution is 9.10. The number of nitrogens with one attached hydrogen (secondary N) is 2. The summed E-state index contributed by atoms with van der Waals surface area (Å²) in [5.74, 6) is -1.46. The van der Waals surface area contributed by atoms with E-state index in [1.54, 1.807) is 18.2 Å². The first-order valence-electron chi connectivity index (χ1n) is 12.2. The lowest BCUT2D eigenvalue weighted by Crippen LogP contribution is -2.36. The summed E-state index contributed by atoms with van der Waals surface area (Å²) >= 11 is 4.12. The fourth-order valence-electron chi connectivity index (χ4n) is 3.78. The van der Waals surface area contributed by atoms with Gasteiger partial charge in [0.25, 0.3) is 17.1 Å². The molecule has 3 aromatic rings. The number of thioether (sulfide) groups is 1. The molecule has 1 saturated heterocycles. The smallest absolute Gasteiger partial charge is 0.294 e. The Morgan fingerprint density at radius 1 is 0.976 bits per heavy atom. The predicted molar refractivity (Wildman–Crippen MR) is 158 cm³/mol. The van der Waals surface area contributed by atoms with Crippen molar-refractivity contribution in [1.29, 1.82) is 0 Å². The van der Waals surface area contributed by atoms with Gasteiger partial charge in [-0.15, -0.1) is 0 Å². The van der Waals surface area contributed by atoms with Crippen molar-refractivity contribution in [2.45, 2.75) is 13.8 Å². The number of carbonyl (C=O) groups excluding carboxylic acids is 4. The highest BCUT2D eigenvalue weighted by Crippen LogP contribution is 2.39. The first-order chi connectivity index (χ1) is 19.5. The molecule has 4 amide bonds. The van der Waals surface area contributed by atoms with Crippen molar-refractivity contribution in [2.75, 3.05) is 30.9 Å². The van der Waals surface area contributed by atoms with Crippen LogP contribution in [0, 0.1) is 19.7 Å². The Morgan fingerprint density at radius 2 is 1.66 bits per heavy atom. The average molecular weight is 643 g/mol. The second-order valence-electron chi connectivity index (χ2n) is 8.99. The largest absolute Gasteiger partial charge is 0.493 e. The van der Waals surface area contributed by atoms with Crippen LogP contribution in [-0.4, -0.2) is 48.1 Å². The van der Waals surface area contributed by atoms with E-state index in [2.05, 4.69) is 26.6 Å². The monoisotopic (exact) mass is 641 g/mol. The maximum absolute atomic E-state index is 13.1. The van der Waals surface area contributed by atoms with Crippen molar-refractivity contribution >= 4 is 68.1 Å². The SMILES string of the molecule is COc1cc(/C=C2/SC(=O)N(CC(=O)Nc3ccc(C)c(C)c3)C2=O)cc(Br)c1OCC(=O)Nc1ccc(F)cc1. The first-order valence-corrected chi connectivity index (χ1v) is 13.8. The summed E-state index contributed by atoms with van der Waals surface area (Å²) in [5.41, 5.74) is 3.59. The van der Waals surface area contributed by atoms with E-state index in [4.69, 9.17) is 9.47 Å². The summed E-state index contributed by atoms with van der Waals surface area (Å²) in [6, 6.07) is 14.0. The van der Waals surface area contributed by atoms with Crippen LogP contribution in [0.2, 0.25) is 0 Å². The fraction of sp³-hybridized carbons (Fsp3) is 0.172. The third-order valence-electron chi connectivity index (χ3n) is 5.99. The van der Waals surface area contributed by atoms with E-state index < -0.39 is 35.3 Å². The molecule has 212 valence electrons. The highest BCUT2D eigenvalue weighted by Gasteiger charge is 2.36. The molecule has 2 N–H and O–H groups in total. The normalized spacial score (nSPS) is 13.9. The summed E-state index contributed by atoms with van der Waals surface area (Å²) in [6.07, 6.45) is 1.50. The number of hydrogen-bond donors (Lipinski definition) is 2. The van der Waals surface area contributed by atoms with Crippen molar-refractivity contribution in [2.24, 2.45) is 0 Å². The Kier molecular flexibility index (Phi) is 9.46. The molecule has 1 heterocycles. The van der Waals surface area contributed by atoms with Gasteiger partial charge in [0.2, 0.25) is 5.91 Å². The fourth-order valence-corrected chi connectivity index (χ4v) is 5.19. The number of anilines is 2. The molecule has 12 heteroatoms. The van der Waals surface area contributed by atoms with Gasteiger partial charge in [-0.05, 0) is 113 Å². The molecule has 3 aromatic carbocycles. The van der Waals surface area contributed by atoms with E-state index in [1.165, 1.54) is 37.5 Å². The maximum atomic E-state index is 13.1. The number of aryl methyl sites for hydroxylation is 2. The molecule has 41 heavy (non-hydrogen) atoms. The topological polar surface area (TPSA) is 114 Å². The van der Waals surface area contributed by atoms with Crippen molar-refractivity contribution in [3.63, 3.8) is 0 Å². The molecule has 0 aliphatic carbocycles. The number of ether oxygens (including phenoxy) is 2. The van der Waals surface area contributed by atoms with Crippen LogP contribution in [0.5, 0.6) is 11.5 Å². The molecular weight excluding hydrogens is 617 g/mol. The molecule has 0 bridgehead atoms. The van der Waals surface area contributed by atoms with Crippen LogP contribution in [-0.2, 0) is 14.4 Å². The van der Waals surface area contributed by atoms with Gasteiger partial charge in [-0.25, -0.2) is 4.39 Å². The lowest BCUT2D eigenvalue weighted by atomic mass is 10.1. The Morgan fingerprint density at radius 3 is 2.34 bits per heavy atom. The number of nitrogens with zero attached hydrogens (tertiary/aromatic N) is 1. The molecule has 9 nitrogen and oxygen atoms in total. The second-order valence-corrected chi connectivity index (χ2v) is 10.8. The van der Waals surface area contributed by atoms with Crippen molar-refractivity contribution < 1.29 is 33.0 Å². The van der Waals surface area contributed by atoms with E-state index in [9.17, 15) is 23.6 Å². The molecule has 0 saturated carbocycles. The van der Waals surface area contributed by atoms with Crippen LogP contribution < -0.4 is 20.1 Å². The quantitative estimate of drug-likeness (QED) is 0.279. The molecule has 0 aromatic heterocycles. The molecule has 1 aliphatic heterocycles.